The number of anilines is 1. The molecule has 0 amide bonds. The number of furan rings is 1. The van der Waals surface area contributed by atoms with Gasteiger partial charge in [-0.25, -0.2) is 0 Å². The van der Waals surface area contributed by atoms with Gasteiger partial charge in [0, 0.05) is 28.1 Å². The van der Waals surface area contributed by atoms with Crippen molar-refractivity contribution in [1.82, 2.24) is 0 Å². The van der Waals surface area contributed by atoms with Crippen molar-refractivity contribution in [3.8, 4) is 0 Å². The van der Waals surface area contributed by atoms with E-state index in [9.17, 15) is 0 Å². The molecule has 0 radical (unpaired) electrons. The van der Waals surface area contributed by atoms with Crippen molar-refractivity contribution in [2.24, 2.45) is 0 Å². The zero-order valence-corrected chi connectivity index (χ0v) is 14.4. The Morgan fingerprint density at radius 3 is 2.46 bits per heavy atom. The highest BCUT2D eigenvalue weighted by molar-refractivity contribution is 6.06. The van der Waals surface area contributed by atoms with E-state index in [4.69, 9.17) is 4.42 Å². The smallest absolute Gasteiger partial charge is 0.135 e. The lowest BCUT2D eigenvalue weighted by atomic mass is 9.92. The van der Waals surface area contributed by atoms with Crippen LogP contribution in [0.15, 0.2) is 101 Å². The Labute approximate surface area is 152 Å². The summed E-state index contributed by atoms with van der Waals surface area (Å²) in [4.78, 5) is 0. The summed E-state index contributed by atoms with van der Waals surface area (Å²) < 4.78 is 5.90. The van der Waals surface area contributed by atoms with Crippen LogP contribution in [0.5, 0.6) is 0 Å². The fourth-order valence-electron chi connectivity index (χ4n) is 3.63. The van der Waals surface area contributed by atoms with Crippen LogP contribution < -0.4 is 5.32 Å². The third kappa shape index (κ3) is 2.70. The van der Waals surface area contributed by atoms with Crippen molar-refractivity contribution in [3.05, 3.63) is 102 Å². The average molecular weight is 337 g/mol. The Morgan fingerprint density at radius 1 is 0.808 bits per heavy atom. The molecule has 1 N–H and O–H groups in total. The number of para-hydroxylation sites is 1. The van der Waals surface area contributed by atoms with Crippen LogP contribution in [0.2, 0.25) is 0 Å². The molecular formula is C24H19NO. The van der Waals surface area contributed by atoms with Crippen LogP contribution in [0.1, 0.15) is 17.9 Å². The molecular weight excluding hydrogens is 318 g/mol. The number of fused-ring (bicyclic) bond motifs is 3. The van der Waals surface area contributed by atoms with E-state index in [0.717, 1.165) is 39.7 Å². The lowest BCUT2D eigenvalue weighted by Crippen LogP contribution is -2.04. The van der Waals surface area contributed by atoms with Crippen molar-refractivity contribution in [3.63, 3.8) is 0 Å². The molecule has 0 bridgehead atoms. The summed E-state index contributed by atoms with van der Waals surface area (Å²) in [5, 5.41) is 5.83. The van der Waals surface area contributed by atoms with E-state index >= 15 is 0 Å². The molecule has 0 saturated carbocycles. The largest absolute Gasteiger partial charge is 0.456 e. The van der Waals surface area contributed by atoms with E-state index in [-0.39, 0.29) is 0 Å². The summed E-state index contributed by atoms with van der Waals surface area (Å²) in [5.74, 6) is 0.460. The predicted molar refractivity (Wildman–Crippen MR) is 108 cm³/mol. The molecule has 1 aliphatic carbocycles. The Balaban J connectivity index is 1.39. The normalized spacial score (nSPS) is 16.8. The number of hydrogen-bond acceptors (Lipinski definition) is 2. The highest BCUT2D eigenvalue weighted by atomic mass is 16.3. The fourth-order valence-corrected chi connectivity index (χ4v) is 3.63. The summed E-state index contributed by atoms with van der Waals surface area (Å²) in [5.41, 5.74) is 5.45. The first-order valence-corrected chi connectivity index (χ1v) is 8.98. The van der Waals surface area contributed by atoms with Gasteiger partial charge in [-0.1, -0.05) is 60.7 Å². The highest BCUT2D eigenvalue weighted by Gasteiger charge is 2.12. The van der Waals surface area contributed by atoms with Crippen molar-refractivity contribution < 1.29 is 4.42 Å². The zero-order chi connectivity index (χ0) is 17.3. The molecule has 3 aromatic carbocycles. The molecule has 1 atom stereocenters. The maximum atomic E-state index is 5.90. The standard InChI is InChI=1S/C24H19NO/c1-2-6-17(7-3-1)18-10-12-19(13-11-18)25-20-14-15-24-22(16-20)21-8-4-5-9-23(21)26-24/h1-10,12-16,18,25H,11H2. The first kappa shape index (κ1) is 15.0. The number of hydrogen-bond donors (Lipinski definition) is 1. The summed E-state index contributed by atoms with van der Waals surface area (Å²) in [6.07, 6.45) is 7.75. The van der Waals surface area contributed by atoms with Gasteiger partial charge in [0.15, 0.2) is 0 Å². The van der Waals surface area contributed by atoms with Gasteiger partial charge < -0.3 is 9.73 Å². The van der Waals surface area contributed by atoms with E-state index < -0.39 is 0 Å². The number of nitrogens with one attached hydrogen (secondary N) is 1. The van der Waals surface area contributed by atoms with Gasteiger partial charge in [0.2, 0.25) is 0 Å². The molecule has 1 aromatic heterocycles. The quantitative estimate of drug-likeness (QED) is 0.454. The maximum Gasteiger partial charge on any atom is 0.135 e. The van der Waals surface area contributed by atoms with E-state index in [1.54, 1.807) is 0 Å². The highest BCUT2D eigenvalue weighted by Crippen LogP contribution is 2.32. The van der Waals surface area contributed by atoms with Crippen LogP contribution in [-0.2, 0) is 0 Å². The lowest BCUT2D eigenvalue weighted by Gasteiger charge is -2.17. The summed E-state index contributed by atoms with van der Waals surface area (Å²) in [6, 6.07) is 25.1. The summed E-state index contributed by atoms with van der Waals surface area (Å²) in [7, 11) is 0. The molecule has 5 rings (SSSR count). The van der Waals surface area contributed by atoms with Gasteiger partial charge in [0.05, 0.1) is 0 Å². The Morgan fingerprint density at radius 2 is 1.62 bits per heavy atom. The number of rotatable bonds is 3. The third-order valence-corrected chi connectivity index (χ3v) is 4.99. The molecule has 2 heteroatoms. The van der Waals surface area contributed by atoms with Crippen LogP contribution in [0.4, 0.5) is 5.69 Å². The van der Waals surface area contributed by atoms with Crippen LogP contribution in [0, 0.1) is 0 Å². The Kier molecular flexibility index (Phi) is 3.60. The summed E-state index contributed by atoms with van der Waals surface area (Å²) in [6.45, 7) is 0. The van der Waals surface area contributed by atoms with Gasteiger partial charge in [0.25, 0.3) is 0 Å². The first-order valence-electron chi connectivity index (χ1n) is 8.98. The first-order chi connectivity index (χ1) is 12.9. The Hall–Kier alpha value is -3.26. The second kappa shape index (κ2) is 6.23. The van der Waals surface area contributed by atoms with Crippen LogP contribution >= 0.6 is 0 Å². The number of allylic oxidation sites excluding steroid dienone is 3. The molecule has 1 unspecified atom stereocenters. The van der Waals surface area contributed by atoms with Crippen molar-refractivity contribution >= 4 is 27.6 Å². The average Bonchev–Trinajstić information content (AvgIpc) is 3.07. The predicted octanol–water partition coefficient (Wildman–Crippen LogP) is 6.63. The molecule has 0 aliphatic heterocycles. The molecule has 126 valence electrons. The molecule has 4 aromatic rings. The van der Waals surface area contributed by atoms with Crippen molar-refractivity contribution in [1.29, 1.82) is 0 Å². The second-order valence-corrected chi connectivity index (χ2v) is 6.71. The van der Waals surface area contributed by atoms with Crippen molar-refractivity contribution in [2.75, 3.05) is 5.32 Å². The Bertz CT molecular complexity index is 1130. The fraction of sp³-hybridized carbons (Fsp3) is 0.0833. The third-order valence-electron chi connectivity index (χ3n) is 4.99. The van der Waals surface area contributed by atoms with Gasteiger partial charge >= 0.3 is 0 Å². The van der Waals surface area contributed by atoms with Crippen LogP contribution in [0.25, 0.3) is 21.9 Å². The zero-order valence-electron chi connectivity index (χ0n) is 14.4. The second-order valence-electron chi connectivity index (χ2n) is 6.71. The van der Waals surface area contributed by atoms with E-state index in [1.165, 1.54) is 5.56 Å². The van der Waals surface area contributed by atoms with E-state index in [2.05, 4.69) is 72.1 Å². The topological polar surface area (TPSA) is 25.2 Å². The van der Waals surface area contributed by atoms with E-state index in [1.807, 2.05) is 24.3 Å². The molecule has 0 fully saturated rings. The SMILES string of the molecule is C1=CC(c2ccccc2)CC=C1Nc1ccc2oc3ccccc3c2c1. The summed E-state index contributed by atoms with van der Waals surface area (Å²) >= 11 is 0. The van der Waals surface area contributed by atoms with Gasteiger partial charge in [-0.05, 0) is 42.3 Å². The lowest BCUT2D eigenvalue weighted by molar-refractivity contribution is 0.669. The maximum absolute atomic E-state index is 5.90. The van der Waals surface area contributed by atoms with Gasteiger partial charge in [-0.2, -0.15) is 0 Å². The number of benzene rings is 3. The minimum absolute atomic E-state index is 0.460. The van der Waals surface area contributed by atoms with Gasteiger partial charge in [0.1, 0.15) is 11.2 Å². The molecule has 1 aliphatic rings. The molecule has 0 spiro atoms. The molecule has 2 nitrogen and oxygen atoms in total. The van der Waals surface area contributed by atoms with Gasteiger partial charge in [-0.3, -0.25) is 0 Å². The molecule has 1 heterocycles. The van der Waals surface area contributed by atoms with Crippen LogP contribution in [-0.4, -0.2) is 0 Å². The monoisotopic (exact) mass is 337 g/mol. The minimum Gasteiger partial charge on any atom is -0.456 e. The van der Waals surface area contributed by atoms with Gasteiger partial charge in [-0.15, -0.1) is 0 Å². The van der Waals surface area contributed by atoms with E-state index in [0.29, 0.717) is 5.92 Å². The molecule has 26 heavy (non-hydrogen) atoms. The van der Waals surface area contributed by atoms with Crippen LogP contribution in [0.3, 0.4) is 0 Å². The molecule has 0 saturated heterocycles. The minimum atomic E-state index is 0.460. The van der Waals surface area contributed by atoms with Crippen molar-refractivity contribution in [2.45, 2.75) is 12.3 Å².